The Morgan fingerprint density at radius 1 is 0.746 bits per heavy atom. The smallest absolute Gasteiger partial charge is 0.261 e. The van der Waals surface area contributed by atoms with Gasteiger partial charge in [0.1, 0.15) is 25.3 Å². The maximum Gasteiger partial charge on any atom is 0.261 e. The first-order valence-electron chi connectivity index (χ1n) is 23.6. The van der Waals surface area contributed by atoms with E-state index in [9.17, 15) is 24.0 Å². The van der Waals surface area contributed by atoms with Crippen LogP contribution in [0.1, 0.15) is 83.5 Å². The molecule has 0 aromatic heterocycles. The minimum Gasteiger partial charge on any atom is -0.493 e. The van der Waals surface area contributed by atoms with Gasteiger partial charge in [-0.3, -0.25) is 33.9 Å². The summed E-state index contributed by atoms with van der Waals surface area (Å²) >= 11 is 4.47. The molecule has 4 aliphatic rings. The van der Waals surface area contributed by atoms with E-state index in [2.05, 4.69) is 40.0 Å². The lowest BCUT2D eigenvalue weighted by Gasteiger charge is -2.22. The van der Waals surface area contributed by atoms with E-state index >= 15 is 0 Å². The highest BCUT2D eigenvalue weighted by Gasteiger charge is 2.39. The highest BCUT2D eigenvalue weighted by atomic mass is 32.1. The molecule has 4 aliphatic heterocycles. The minimum absolute atomic E-state index is 0.00542. The van der Waals surface area contributed by atoms with Crippen molar-refractivity contribution >= 4 is 76.8 Å². The van der Waals surface area contributed by atoms with E-state index in [4.69, 9.17) is 23.9 Å². The molecule has 5 aromatic rings. The number of carbonyl (C=O) groups is 5. The second kappa shape index (κ2) is 20.1. The van der Waals surface area contributed by atoms with E-state index in [-0.39, 0.29) is 54.2 Å². The number of nitrogens with one attached hydrogen (secondary N) is 4. The SMILES string of the molecule is COc1cc2c(cc1OCc1cc(COc3cc4c(cc3OC)C(=O)N3c5ccccc5C[C@H]3CN4)cc(NC(=O)[C@@H](C)NC(=O)[C@H](C)NC(=O)CCC(C)(C)S)c1)N=C[C@@H]1Cc3ccccc3N1C2=O. The molecule has 0 saturated carbocycles. The van der Waals surface area contributed by atoms with Gasteiger partial charge in [0.15, 0.2) is 23.0 Å². The van der Waals surface area contributed by atoms with E-state index in [1.165, 1.54) is 14.2 Å². The van der Waals surface area contributed by atoms with Gasteiger partial charge in [-0.05, 0) is 91.4 Å². The Kier molecular flexibility index (Phi) is 13.7. The van der Waals surface area contributed by atoms with E-state index in [1.54, 1.807) is 61.4 Å². The van der Waals surface area contributed by atoms with Crippen LogP contribution in [-0.2, 0) is 40.4 Å². The first kappa shape index (κ1) is 48.5. The molecular formula is C54H57N7O9S. The monoisotopic (exact) mass is 979 g/mol. The summed E-state index contributed by atoms with van der Waals surface area (Å²) in [6.45, 7) is 7.46. The second-order valence-corrected chi connectivity index (χ2v) is 20.1. The second-order valence-electron chi connectivity index (χ2n) is 18.9. The lowest BCUT2D eigenvalue weighted by molar-refractivity contribution is -0.130. The summed E-state index contributed by atoms with van der Waals surface area (Å²) in [6.07, 6.45) is 3.90. The zero-order chi connectivity index (χ0) is 50.1. The van der Waals surface area contributed by atoms with Crippen LogP contribution in [0.15, 0.2) is 96.0 Å². The average Bonchev–Trinajstić information content (AvgIpc) is 3.84. The van der Waals surface area contributed by atoms with Crippen LogP contribution in [0.25, 0.3) is 0 Å². The zero-order valence-corrected chi connectivity index (χ0v) is 41.4. The van der Waals surface area contributed by atoms with Crippen molar-refractivity contribution in [2.45, 2.75) is 95.5 Å². The number of rotatable bonds is 16. The number of anilines is 4. The molecule has 0 spiro atoms. The van der Waals surface area contributed by atoms with Gasteiger partial charge in [0.05, 0.1) is 48.8 Å². The van der Waals surface area contributed by atoms with E-state index < -0.39 is 23.9 Å². The molecule has 0 aliphatic carbocycles. The molecule has 4 atom stereocenters. The minimum atomic E-state index is -0.988. The largest absolute Gasteiger partial charge is 0.493 e. The van der Waals surface area contributed by atoms with Crippen LogP contribution >= 0.6 is 12.6 Å². The molecule has 0 radical (unpaired) electrons. The van der Waals surface area contributed by atoms with Crippen molar-refractivity contribution in [1.82, 2.24) is 10.6 Å². The first-order chi connectivity index (χ1) is 34.1. The van der Waals surface area contributed by atoms with Crippen LogP contribution in [0.2, 0.25) is 0 Å². The molecule has 4 N–H and O–H groups in total. The molecule has 0 unspecified atom stereocenters. The van der Waals surface area contributed by atoms with Gasteiger partial charge in [0.25, 0.3) is 11.8 Å². The number of amides is 5. The fourth-order valence-corrected chi connectivity index (χ4v) is 9.49. The third-order valence-corrected chi connectivity index (χ3v) is 13.3. The topological polar surface area (TPSA) is 189 Å². The molecule has 368 valence electrons. The number of aliphatic imine (C=N–C) groups is 1. The summed E-state index contributed by atoms with van der Waals surface area (Å²) < 4.78 is 24.1. The summed E-state index contributed by atoms with van der Waals surface area (Å²) in [5.41, 5.74) is 7.51. The molecule has 17 heteroatoms. The van der Waals surface area contributed by atoms with Crippen LogP contribution in [-0.4, -0.2) is 85.4 Å². The summed E-state index contributed by atoms with van der Waals surface area (Å²) in [6, 6.07) is 25.8. The molecule has 5 aromatic carbocycles. The molecule has 16 nitrogen and oxygen atoms in total. The molecule has 9 rings (SSSR count). The van der Waals surface area contributed by atoms with Crippen LogP contribution in [0.3, 0.4) is 0 Å². The number of thiol groups is 1. The normalized spacial score (nSPS) is 17.1. The van der Waals surface area contributed by atoms with Gasteiger partial charge < -0.3 is 45.1 Å². The van der Waals surface area contributed by atoms with Gasteiger partial charge in [0.2, 0.25) is 17.7 Å². The lowest BCUT2D eigenvalue weighted by atomic mass is 10.1. The van der Waals surface area contributed by atoms with Crippen LogP contribution < -0.4 is 50.0 Å². The fraction of sp³-hybridized carbons (Fsp3) is 0.333. The fourth-order valence-electron chi connectivity index (χ4n) is 9.38. The van der Waals surface area contributed by atoms with Gasteiger partial charge in [-0.15, -0.1) is 0 Å². The molecule has 71 heavy (non-hydrogen) atoms. The molecule has 0 bridgehead atoms. The van der Waals surface area contributed by atoms with Gasteiger partial charge in [-0.25, -0.2) is 0 Å². The number of para-hydroxylation sites is 2. The van der Waals surface area contributed by atoms with Gasteiger partial charge in [-0.1, -0.05) is 50.2 Å². The highest BCUT2D eigenvalue weighted by molar-refractivity contribution is 7.81. The summed E-state index contributed by atoms with van der Waals surface area (Å²) in [5, 5.41) is 11.8. The maximum absolute atomic E-state index is 14.1. The van der Waals surface area contributed by atoms with Gasteiger partial charge >= 0.3 is 0 Å². The van der Waals surface area contributed by atoms with Crippen molar-refractivity contribution < 1.29 is 42.9 Å². The predicted molar refractivity (Wildman–Crippen MR) is 275 cm³/mol. The van der Waals surface area contributed by atoms with Crippen molar-refractivity contribution in [3.8, 4) is 23.0 Å². The third-order valence-electron chi connectivity index (χ3n) is 13.1. The summed E-state index contributed by atoms with van der Waals surface area (Å²) in [4.78, 5) is 75.9. The Hall–Kier alpha value is -7.53. The summed E-state index contributed by atoms with van der Waals surface area (Å²) in [5.74, 6) is -0.225. The number of nitrogens with zero attached hydrogens (tertiary/aromatic N) is 3. The lowest BCUT2D eigenvalue weighted by Crippen LogP contribution is -2.50. The van der Waals surface area contributed by atoms with Crippen molar-refractivity contribution in [2.75, 3.05) is 41.2 Å². The Morgan fingerprint density at radius 2 is 1.34 bits per heavy atom. The Morgan fingerprint density at radius 3 is 2.00 bits per heavy atom. The molecule has 4 heterocycles. The van der Waals surface area contributed by atoms with Crippen LogP contribution in [0.4, 0.5) is 28.4 Å². The predicted octanol–water partition coefficient (Wildman–Crippen LogP) is 7.58. The number of hydrogen-bond acceptors (Lipinski definition) is 12. The quantitative estimate of drug-likeness (QED) is 0.0617. The van der Waals surface area contributed by atoms with Crippen LogP contribution in [0.5, 0.6) is 23.0 Å². The van der Waals surface area contributed by atoms with Crippen LogP contribution in [0, 0.1) is 0 Å². The number of methoxy groups -OCH3 is 2. The molecule has 0 saturated heterocycles. The Balaban J connectivity index is 0.950. The third kappa shape index (κ3) is 10.4. The maximum atomic E-state index is 14.1. The highest BCUT2D eigenvalue weighted by Crippen LogP contribution is 2.43. The number of benzene rings is 5. The van der Waals surface area contributed by atoms with Crippen molar-refractivity contribution in [3.63, 3.8) is 0 Å². The molecule has 0 fully saturated rings. The van der Waals surface area contributed by atoms with Crippen molar-refractivity contribution in [3.05, 3.63) is 124 Å². The van der Waals surface area contributed by atoms with E-state index in [1.807, 2.05) is 67.3 Å². The van der Waals surface area contributed by atoms with Gasteiger partial charge in [-0.2, -0.15) is 12.6 Å². The Bertz CT molecular complexity index is 2970. The zero-order valence-electron chi connectivity index (χ0n) is 40.5. The number of fused-ring (bicyclic) bond motifs is 8. The van der Waals surface area contributed by atoms with Crippen molar-refractivity contribution in [1.29, 1.82) is 0 Å². The standard InChI is InChI=1S/C54H57N7O9S/c1-30(57-49(62)15-16-54(3,4)71)50(63)58-31(2)51(64)59-36-18-32(28-69-47-24-41-39(22-45(47)67-5)52(65)60-37(26-55-41)20-34-11-7-9-13-43(34)60)17-33(19-36)29-70-48-25-42-40(23-46(48)68-6)53(66)61-38(27-56-42)21-35-12-8-10-14-44(35)61/h7-14,17-19,22-26,30-31,37-38,56,71H,15-16,20-21,27-29H2,1-6H3,(H,57,62)(H,58,63)(H,59,64)/t30-,31+,37-,38-/m0/s1. The molecule has 5 amide bonds. The van der Waals surface area contributed by atoms with Crippen molar-refractivity contribution in [2.24, 2.45) is 4.99 Å². The van der Waals surface area contributed by atoms with E-state index in [0.717, 1.165) is 28.9 Å². The Labute approximate surface area is 417 Å². The summed E-state index contributed by atoms with van der Waals surface area (Å²) in [7, 11) is 3.02. The molecular weight excluding hydrogens is 923 g/mol. The first-order valence-corrected chi connectivity index (χ1v) is 24.1. The van der Waals surface area contributed by atoms with E-state index in [0.29, 0.717) is 81.7 Å². The van der Waals surface area contributed by atoms with Gasteiger partial charge in [0, 0.05) is 59.5 Å². The number of ether oxygens (including phenoxy) is 4. The number of hydrogen-bond donors (Lipinski definition) is 5. The number of carbonyl (C=O) groups excluding carboxylic acids is 5. The average molecular weight is 980 g/mol.